The SMILES string of the molecule is Cc1cc(NC(=O)C2CCN(C(=O)C3CCCN(C(=O)c4cccs4)C3)CC2)no1. The molecule has 0 aliphatic carbocycles. The minimum atomic E-state index is -0.161. The highest BCUT2D eigenvalue weighted by Gasteiger charge is 2.34. The van der Waals surface area contributed by atoms with Gasteiger partial charge in [-0.3, -0.25) is 14.4 Å². The second-order valence-electron chi connectivity index (χ2n) is 7.98. The number of thiophene rings is 1. The molecule has 2 aliphatic heterocycles. The van der Waals surface area contributed by atoms with E-state index in [1.807, 2.05) is 22.4 Å². The number of carbonyl (C=O) groups excluding carboxylic acids is 3. The smallest absolute Gasteiger partial charge is 0.263 e. The van der Waals surface area contributed by atoms with Gasteiger partial charge in [0.25, 0.3) is 5.91 Å². The highest BCUT2D eigenvalue weighted by molar-refractivity contribution is 7.12. The number of aryl methyl sites for hydroxylation is 1. The molecule has 1 N–H and O–H groups in total. The molecule has 0 aromatic carbocycles. The van der Waals surface area contributed by atoms with Crippen LogP contribution in [-0.4, -0.2) is 58.9 Å². The molecule has 160 valence electrons. The Balaban J connectivity index is 1.28. The van der Waals surface area contributed by atoms with E-state index in [0.717, 1.165) is 17.7 Å². The molecule has 2 aromatic heterocycles. The number of nitrogens with one attached hydrogen (secondary N) is 1. The number of aromatic nitrogens is 1. The quantitative estimate of drug-likeness (QED) is 0.805. The monoisotopic (exact) mass is 430 g/mol. The molecule has 9 heteroatoms. The Kier molecular flexibility index (Phi) is 6.17. The van der Waals surface area contributed by atoms with Crippen LogP contribution in [0.4, 0.5) is 5.82 Å². The van der Waals surface area contributed by atoms with E-state index in [2.05, 4.69) is 10.5 Å². The summed E-state index contributed by atoms with van der Waals surface area (Å²) >= 11 is 1.43. The number of hydrogen-bond donors (Lipinski definition) is 1. The van der Waals surface area contributed by atoms with Crippen molar-refractivity contribution in [3.63, 3.8) is 0 Å². The molecule has 2 aromatic rings. The minimum Gasteiger partial charge on any atom is -0.360 e. The highest BCUT2D eigenvalue weighted by atomic mass is 32.1. The molecular weight excluding hydrogens is 404 g/mol. The van der Waals surface area contributed by atoms with Gasteiger partial charge in [0.1, 0.15) is 5.76 Å². The maximum atomic E-state index is 13.0. The first-order chi connectivity index (χ1) is 14.5. The predicted octanol–water partition coefficient (Wildman–Crippen LogP) is 2.77. The van der Waals surface area contributed by atoms with Crippen molar-refractivity contribution >= 4 is 34.9 Å². The summed E-state index contributed by atoms with van der Waals surface area (Å²) in [5.74, 6) is 0.797. The summed E-state index contributed by atoms with van der Waals surface area (Å²) in [5.41, 5.74) is 0. The average Bonchev–Trinajstić information content (AvgIpc) is 3.45. The topological polar surface area (TPSA) is 95.8 Å². The van der Waals surface area contributed by atoms with Crippen LogP contribution in [0.2, 0.25) is 0 Å². The fourth-order valence-electron chi connectivity index (χ4n) is 4.19. The summed E-state index contributed by atoms with van der Waals surface area (Å²) < 4.78 is 4.97. The minimum absolute atomic E-state index is 0.0148. The maximum Gasteiger partial charge on any atom is 0.263 e. The molecule has 2 aliphatic rings. The van der Waals surface area contributed by atoms with E-state index in [4.69, 9.17) is 4.52 Å². The lowest BCUT2D eigenvalue weighted by Gasteiger charge is -2.37. The fourth-order valence-corrected chi connectivity index (χ4v) is 4.88. The molecule has 30 heavy (non-hydrogen) atoms. The van der Waals surface area contributed by atoms with Crippen molar-refractivity contribution in [2.75, 3.05) is 31.5 Å². The van der Waals surface area contributed by atoms with Crippen LogP contribution < -0.4 is 5.32 Å². The van der Waals surface area contributed by atoms with Crippen molar-refractivity contribution in [2.45, 2.75) is 32.6 Å². The number of anilines is 1. The predicted molar refractivity (Wildman–Crippen MR) is 112 cm³/mol. The van der Waals surface area contributed by atoms with Gasteiger partial charge in [-0.1, -0.05) is 11.2 Å². The normalized spacial score (nSPS) is 20.2. The number of nitrogens with zero attached hydrogens (tertiary/aromatic N) is 3. The molecule has 4 rings (SSSR count). The van der Waals surface area contributed by atoms with Gasteiger partial charge in [0, 0.05) is 38.2 Å². The number of piperidine rings is 2. The van der Waals surface area contributed by atoms with E-state index in [-0.39, 0.29) is 29.6 Å². The van der Waals surface area contributed by atoms with Gasteiger partial charge >= 0.3 is 0 Å². The molecule has 2 fully saturated rings. The number of hydrogen-bond acceptors (Lipinski definition) is 6. The van der Waals surface area contributed by atoms with E-state index < -0.39 is 0 Å². The standard InChI is InChI=1S/C21H26N4O4S/c1-14-12-18(23-29-14)22-19(26)15-6-9-24(10-7-15)20(27)16-4-2-8-25(13-16)21(28)17-5-3-11-30-17/h3,5,11-12,15-16H,2,4,6-10,13H2,1H3,(H,22,23,26). The Bertz CT molecular complexity index is 902. The first kappa shape index (κ1) is 20.6. The molecule has 3 amide bonds. The van der Waals surface area contributed by atoms with Crippen molar-refractivity contribution in [3.8, 4) is 0 Å². The third-order valence-electron chi connectivity index (χ3n) is 5.85. The second kappa shape index (κ2) is 8.99. The van der Waals surface area contributed by atoms with E-state index in [9.17, 15) is 14.4 Å². The molecule has 4 heterocycles. The first-order valence-electron chi connectivity index (χ1n) is 10.4. The number of rotatable bonds is 4. The molecule has 1 atom stereocenters. The van der Waals surface area contributed by atoms with Gasteiger partial charge in [-0.25, -0.2) is 0 Å². The molecular formula is C21H26N4O4S. The summed E-state index contributed by atoms with van der Waals surface area (Å²) in [6, 6.07) is 5.38. The molecule has 0 bridgehead atoms. The number of likely N-dealkylation sites (tertiary alicyclic amines) is 2. The van der Waals surface area contributed by atoms with Crippen LogP contribution in [-0.2, 0) is 9.59 Å². The summed E-state index contributed by atoms with van der Waals surface area (Å²) in [4.78, 5) is 42.5. The summed E-state index contributed by atoms with van der Waals surface area (Å²) in [5, 5.41) is 8.47. The molecule has 2 saturated heterocycles. The maximum absolute atomic E-state index is 13.0. The first-order valence-corrected chi connectivity index (χ1v) is 11.2. The van der Waals surface area contributed by atoms with Gasteiger partial charge in [0.05, 0.1) is 10.8 Å². The van der Waals surface area contributed by atoms with Crippen LogP contribution in [0.25, 0.3) is 0 Å². The highest BCUT2D eigenvalue weighted by Crippen LogP contribution is 2.25. The van der Waals surface area contributed by atoms with Crippen LogP contribution in [0, 0.1) is 18.8 Å². The van der Waals surface area contributed by atoms with Gasteiger partial charge in [0.2, 0.25) is 11.8 Å². The zero-order valence-corrected chi connectivity index (χ0v) is 17.8. The lowest BCUT2D eigenvalue weighted by molar-refractivity contribution is -0.139. The zero-order chi connectivity index (χ0) is 21.1. The Morgan fingerprint density at radius 1 is 1.13 bits per heavy atom. The van der Waals surface area contributed by atoms with Crippen molar-refractivity contribution in [1.29, 1.82) is 0 Å². The third kappa shape index (κ3) is 4.56. The molecule has 1 unspecified atom stereocenters. The van der Waals surface area contributed by atoms with Crippen molar-refractivity contribution in [2.24, 2.45) is 11.8 Å². The van der Waals surface area contributed by atoms with E-state index in [0.29, 0.717) is 50.6 Å². The van der Waals surface area contributed by atoms with E-state index in [1.165, 1.54) is 11.3 Å². The lowest BCUT2D eigenvalue weighted by atomic mass is 9.92. The van der Waals surface area contributed by atoms with Crippen LogP contribution in [0.3, 0.4) is 0 Å². The number of amides is 3. The summed E-state index contributed by atoms with van der Waals surface area (Å²) in [6.45, 7) is 4.06. The molecule has 0 radical (unpaired) electrons. The van der Waals surface area contributed by atoms with Crippen molar-refractivity contribution < 1.29 is 18.9 Å². The number of carbonyl (C=O) groups is 3. The van der Waals surface area contributed by atoms with Gasteiger partial charge in [-0.05, 0) is 44.1 Å². The Labute approximate surface area is 179 Å². The van der Waals surface area contributed by atoms with E-state index >= 15 is 0 Å². The lowest BCUT2D eigenvalue weighted by Crippen LogP contribution is -2.49. The van der Waals surface area contributed by atoms with Gasteiger partial charge < -0.3 is 19.6 Å². The van der Waals surface area contributed by atoms with E-state index in [1.54, 1.807) is 17.9 Å². The average molecular weight is 431 g/mol. The van der Waals surface area contributed by atoms with Gasteiger partial charge in [-0.2, -0.15) is 0 Å². The van der Waals surface area contributed by atoms with Crippen LogP contribution in [0.15, 0.2) is 28.1 Å². The molecule has 0 spiro atoms. The van der Waals surface area contributed by atoms with Gasteiger partial charge in [-0.15, -0.1) is 11.3 Å². The summed E-state index contributed by atoms with van der Waals surface area (Å²) in [6.07, 6.45) is 2.89. The Morgan fingerprint density at radius 2 is 1.93 bits per heavy atom. The van der Waals surface area contributed by atoms with Crippen LogP contribution in [0.5, 0.6) is 0 Å². The third-order valence-corrected chi connectivity index (χ3v) is 6.70. The van der Waals surface area contributed by atoms with Crippen LogP contribution >= 0.6 is 11.3 Å². The molecule has 0 saturated carbocycles. The molecule has 8 nitrogen and oxygen atoms in total. The Morgan fingerprint density at radius 3 is 2.60 bits per heavy atom. The fraction of sp³-hybridized carbons (Fsp3) is 0.524. The van der Waals surface area contributed by atoms with Crippen LogP contribution in [0.1, 0.15) is 41.1 Å². The van der Waals surface area contributed by atoms with Crippen molar-refractivity contribution in [1.82, 2.24) is 15.0 Å². The van der Waals surface area contributed by atoms with Gasteiger partial charge in [0.15, 0.2) is 5.82 Å². The Hall–Kier alpha value is -2.68. The largest absolute Gasteiger partial charge is 0.360 e. The zero-order valence-electron chi connectivity index (χ0n) is 17.0. The second-order valence-corrected chi connectivity index (χ2v) is 8.93. The van der Waals surface area contributed by atoms with Crippen molar-refractivity contribution in [3.05, 3.63) is 34.2 Å². The summed E-state index contributed by atoms with van der Waals surface area (Å²) in [7, 11) is 0.